The molecule has 0 saturated heterocycles. The first-order chi connectivity index (χ1) is 7.14. The summed E-state index contributed by atoms with van der Waals surface area (Å²) < 4.78 is 4.91. The number of rotatable bonds is 5. The van der Waals surface area contributed by atoms with E-state index in [-0.39, 0.29) is 5.97 Å². The van der Waals surface area contributed by atoms with Crippen LogP contribution < -0.4 is 5.32 Å². The lowest BCUT2D eigenvalue weighted by Crippen LogP contribution is -2.52. The normalized spacial score (nSPS) is 25.5. The summed E-state index contributed by atoms with van der Waals surface area (Å²) in [5.41, 5.74) is -0.443. The number of hydrogen-bond donors (Lipinski definition) is 1. The predicted octanol–water partition coefficient (Wildman–Crippen LogP) is 1.86. The van der Waals surface area contributed by atoms with Crippen LogP contribution in [0.1, 0.15) is 45.4 Å². The average molecular weight is 211 g/mol. The standard InChI is InChI=1S/C12H21NO2/c1-12(11(14)15-2,13-10-6-7-10)8-9-4-3-5-9/h9-10,13H,3-8H2,1-2H3. The van der Waals surface area contributed by atoms with Crippen LogP contribution in [0, 0.1) is 5.92 Å². The second kappa shape index (κ2) is 4.12. The molecule has 1 N–H and O–H groups in total. The van der Waals surface area contributed by atoms with E-state index in [0.29, 0.717) is 6.04 Å². The van der Waals surface area contributed by atoms with E-state index < -0.39 is 5.54 Å². The van der Waals surface area contributed by atoms with Crippen molar-refractivity contribution in [1.82, 2.24) is 5.32 Å². The maximum atomic E-state index is 11.8. The fourth-order valence-corrected chi connectivity index (χ4v) is 2.38. The van der Waals surface area contributed by atoms with E-state index >= 15 is 0 Å². The van der Waals surface area contributed by atoms with Crippen molar-refractivity contribution in [3.8, 4) is 0 Å². The Morgan fingerprint density at radius 2 is 2.07 bits per heavy atom. The van der Waals surface area contributed by atoms with Crippen molar-refractivity contribution in [1.29, 1.82) is 0 Å². The van der Waals surface area contributed by atoms with Gasteiger partial charge in [-0.15, -0.1) is 0 Å². The summed E-state index contributed by atoms with van der Waals surface area (Å²) in [7, 11) is 1.48. The lowest BCUT2D eigenvalue weighted by atomic mass is 9.76. The van der Waals surface area contributed by atoms with Crippen molar-refractivity contribution in [3.05, 3.63) is 0 Å². The molecule has 2 aliphatic rings. The van der Waals surface area contributed by atoms with Crippen molar-refractivity contribution in [2.45, 2.75) is 57.0 Å². The van der Waals surface area contributed by atoms with Gasteiger partial charge in [0.15, 0.2) is 0 Å². The van der Waals surface area contributed by atoms with Crippen LogP contribution in [-0.4, -0.2) is 24.7 Å². The van der Waals surface area contributed by atoms with Gasteiger partial charge in [0.05, 0.1) is 7.11 Å². The number of methoxy groups -OCH3 is 1. The molecule has 0 spiro atoms. The molecule has 0 aliphatic heterocycles. The lowest BCUT2D eigenvalue weighted by Gasteiger charge is -2.35. The van der Waals surface area contributed by atoms with Gasteiger partial charge in [0.25, 0.3) is 0 Å². The molecule has 3 heteroatoms. The van der Waals surface area contributed by atoms with Gasteiger partial charge in [-0.2, -0.15) is 0 Å². The van der Waals surface area contributed by atoms with Gasteiger partial charge in [0, 0.05) is 6.04 Å². The Balaban J connectivity index is 1.94. The van der Waals surface area contributed by atoms with E-state index in [2.05, 4.69) is 5.32 Å². The summed E-state index contributed by atoms with van der Waals surface area (Å²) >= 11 is 0. The minimum absolute atomic E-state index is 0.0960. The molecule has 0 radical (unpaired) electrons. The molecule has 0 amide bonds. The van der Waals surface area contributed by atoms with Gasteiger partial charge in [-0.3, -0.25) is 10.1 Å². The molecule has 0 aromatic rings. The van der Waals surface area contributed by atoms with Crippen LogP contribution in [-0.2, 0) is 9.53 Å². The zero-order chi connectivity index (χ0) is 10.9. The molecule has 86 valence electrons. The molecule has 0 aromatic carbocycles. The summed E-state index contributed by atoms with van der Waals surface area (Å²) in [6.07, 6.45) is 7.23. The smallest absolute Gasteiger partial charge is 0.325 e. The van der Waals surface area contributed by atoms with E-state index in [9.17, 15) is 4.79 Å². The minimum Gasteiger partial charge on any atom is -0.468 e. The van der Waals surface area contributed by atoms with Gasteiger partial charge in [-0.05, 0) is 32.1 Å². The number of carbonyl (C=O) groups is 1. The molecule has 2 fully saturated rings. The Labute approximate surface area is 91.6 Å². The van der Waals surface area contributed by atoms with Crippen LogP contribution in [0.5, 0.6) is 0 Å². The molecule has 2 aliphatic carbocycles. The second-order valence-electron chi connectivity index (χ2n) is 5.24. The number of hydrogen-bond acceptors (Lipinski definition) is 3. The first-order valence-electron chi connectivity index (χ1n) is 6.00. The van der Waals surface area contributed by atoms with Gasteiger partial charge in [-0.25, -0.2) is 0 Å². The Morgan fingerprint density at radius 1 is 1.40 bits per heavy atom. The van der Waals surface area contributed by atoms with Crippen molar-refractivity contribution >= 4 is 5.97 Å². The van der Waals surface area contributed by atoms with Crippen LogP contribution in [0.3, 0.4) is 0 Å². The Morgan fingerprint density at radius 3 is 2.47 bits per heavy atom. The molecule has 2 rings (SSSR count). The zero-order valence-corrected chi connectivity index (χ0v) is 9.71. The van der Waals surface area contributed by atoms with Crippen LogP contribution >= 0.6 is 0 Å². The van der Waals surface area contributed by atoms with Gasteiger partial charge in [0.2, 0.25) is 0 Å². The van der Waals surface area contributed by atoms with E-state index in [1.165, 1.54) is 39.2 Å². The van der Waals surface area contributed by atoms with Crippen LogP contribution in [0.15, 0.2) is 0 Å². The molecule has 0 aromatic heterocycles. The highest BCUT2D eigenvalue weighted by atomic mass is 16.5. The highest BCUT2D eigenvalue weighted by Crippen LogP contribution is 2.35. The molecule has 1 atom stereocenters. The summed E-state index contributed by atoms with van der Waals surface area (Å²) in [6, 6.07) is 0.550. The minimum atomic E-state index is -0.443. The summed E-state index contributed by atoms with van der Waals surface area (Å²) in [4.78, 5) is 11.8. The van der Waals surface area contributed by atoms with Crippen molar-refractivity contribution in [2.75, 3.05) is 7.11 Å². The van der Waals surface area contributed by atoms with E-state index in [4.69, 9.17) is 4.74 Å². The van der Waals surface area contributed by atoms with E-state index in [1.54, 1.807) is 0 Å². The summed E-state index contributed by atoms with van der Waals surface area (Å²) in [5.74, 6) is 0.627. The van der Waals surface area contributed by atoms with Crippen molar-refractivity contribution in [3.63, 3.8) is 0 Å². The Bertz CT molecular complexity index is 246. The Hall–Kier alpha value is -0.570. The summed E-state index contributed by atoms with van der Waals surface area (Å²) in [5, 5.41) is 3.44. The highest BCUT2D eigenvalue weighted by Gasteiger charge is 2.41. The first kappa shape index (κ1) is 10.9. The third kappa shape index (κ3) is 2.51. The van der Waals surface area contributed by atoms with Crippen molar-refractivity contribution in [2.24, 2.45) is 5.92 Å². The maximum Gasteiger partial charge on any atom is 0.325 e. The topological polar surface area (TPSA) is 38.3 Å². The van der Waals surface area contributed by atoms with E-state index in [0.717, 1.165) is 12.3 Å². The van der Waals surface area contributed by atoms with Gasteiger partial charge in [-0.1, -0.05) is 19.3 Å². The number of carbonyl (C=O) groups excluding carboxylic acids is 1. The SMILES string of the molecule is COC(=O)C(C)(CC1CCC1)NC1CC1. The third-order valence-electron chi connectivity index (χ3n) is 3.66. The van der Waals surface area contributed by atoms with Crippen LogP contribution in [0.25, 0.3) is 0 Å². The fourth-order valence-electron chi connectivity index (χ4n) is 2.38. The van der Waals surface area contributed by atoms with Gasteiger partial charge in [0.1, 0.15) is 5.54 Å². The van der Waals surface area contributed by atoms with Gasteiger partial charge >= 0.3 is 5.97 Å². The van der Waals surface area contributed by atoms with Gasteiger partial charge < -0.3 is 4.74 Å². The second-order valence-corrected chi connectivity index (χ2v) is 5.24. The molecule has 1 unspecified atom stereocenters. The zero-order valence-electron chi connectivity index (χ0n) is 9.71. The Kier molecular flexibility index (Phi) is 3.01. The molecular weight excluding hydrogens is 190 g/mol. The summed E-state index contributed by atoms with van der Waals surface area (Å²) in [6.45, 7) is 2.00. The molecule has 15 heavy (non-hydrogen) atoms. The van der Waals surface area contributed by atoms with E-state index in [1.807, 2.05) is 6.92 Å². The fraction of sp³-hybridized carbons (Fsp3) is 0.917. The number of esters is 1. The first-order valence-corrected chi connectivity index (χ1v) is 6.00. The monoisotopic (exact) mass is 211 g/mol. The predicted molar refractivity (Wildman–Crippen MR) is 58.5 cm³/mol. The third-order valence-corrected chi connectivity index (χ3v) is 3.66. The quantitative estimate of drug-likeness (QED) is 0.705. The van der Waals surface area contributed by atoms with Crippen LogP contribution in [0.4, 0.5) is 0 Å². The molecule has 0 bridgehead atoms. The van der Waals surface area contributed by atoms with Crippen LogP contribution in [0.2, 0.25) is 0 Å². The molecule has 0 heterocycles. The number of nitrogens with one attached hydrogen (secondary N) is 1. The maximum absolute atomic E-state index is 11.8. The largest absolute Gasteiger partial charge is 0.468 e. The number of ether oxygens (including phenoxy) is 1. The molecule has 3 nitrogen and oxygen atoms in total. The highest BCUT2D eigenvalue weighted by molar-refractivity contribution is 5.80. The lowest BCUT2D eigenvalue weighted by molar-refractivity contribution is -0.149. The van der Waals surface area contributed by atoms with Crippen molar-refractivity contribution < 1.29 is 9.53 Å². The average Bonchev–Trinajstić information content (AvgIpc) is 2.94. The molecule has 2 saturated carbocycles. The molecular formula is C12H21NO2.